The van der Waals surface area contributed by atoms with Crippen LogP contribution in [0.5, 0.6) is 0 Å². The van der Waals surface area contributed by atoms with E-state index < -0.39 is 5.41 Å². The second kappa shape index (κ2) is 4.76. The van der Waals surface area contributed by atoms with Gasteiger partial charge in [-0.3, -0.25) is 9.59 Å². The van der Waals surface area contributed by atoms with E-state index in [2.05, 4.69) is 5.32 Å². The molecule has 1 aromatic rings. The predicted molar refractivity (Wildman–Crippen MR) is 76.3 cm³/mol. The molecule has 1 aromatic carbocycles. The van der Waals surface area contributed by atoms with Crippen LogP contribution in [0.3, 0.4) is 0 Å². The van der Waals surface area contributed by atoms with Gasteiger partial charge in [-0.15, -0.1) is 11.8 Å². The van der Waals surface area contributed by atoms with Crippen LogP contribution in [0.2, 0.25) is 0 Å². The van der Waals surface area contributed by atoms with Gasteiger partial charge in [0.25, 0.3) is 0 Å². The first-order valence-electron chi connectivity index (χ1n) is 5.99. The van der Waals surface area contributed by atoms with E-state index in [1.807, 2.05) is 32.9 Å². The minimum atomic E-state index is -0.407. The fraction of sp³-hybridized carbons (Fsp3) is 0.429. The normalized spacial score (nSPS) is 15.6. The first kappa shape index (κ1) is 13.1. The van der Waals surface area contributed by atoms with Gasteiger partial charge in [-0.1, -0.05) is 26.8 Å². The molecule has 18 heavy (non-hydrogen) atoms. The minimum absolute atomic E-state index is 0. The molecule has 0 saturated heterocycles. The third-order valence-electron chi connectivity index (χ3n) is 2.78. The van der Waals surface area contributed by atoms with Gasteiger partial charge in [0.15, 0.2) is 5.78 Å². The Morgan fingerprint density at radius 2 is 2.11 bits per heavy atom. The summed E-state index contributed by atoms with van der Waals surface area (Å²) in [5.41, 5.74) is 1.01. The topological polar surface area (TPSA) is 46.2 Å². The Morgan fingerprint density at radius 3 is 2.78 bits per heavy atom. The molecule has 3 nitrogen and oxygen atoms in total. The Kier molecular flexibility index (Phi) is 3.48. The summed E-state index contributed by atoms with van der Waals surface area (Å²) in [6.45, 7) is 5.69. The van der Waals surface area contributed by atoms with Crippen molar-refractivity contribution < 1.29 is 11.0 Å². The SMILES string of the molecule is CC(C)(C)C(=O)c1ccc2c(c1)NC(=O)CCS2.[HH]. The molecule has 0 aromatic heterocycles. The van der Waals surface area contributed by atoms with E-state index in [1.54, 1.807) is 17.8 Å². The van der Waals surface area contributed by atoms with Crippen molar-refractivity contribution in [1.29, 1.82) is 0 Å². The van der Waals surface area contributed by atoms with Crippen LogP contribution in [0, 0.1) is 5.41 Å². The average molecular weight is 265 g/mol. The number of Topliss-reactive ketones (excluding diaryl/α,β-unsaturated/α-hetero) is 1. The number of ketones is 1. The van der Waals surface area contributed by atoms with E-state index in [0.717, 1.165) is 16.3 Å². The molecule has 0 fully saturated rings. The average Bonchev–Trinajstić information content (AvgIpc) is 2.46. The summed E-state index contributed by atoms with van der Waals surface area (Å²) >= 11 is 1.65. The summed E-state index contributed by atoms with van der Waals surface area (Å²) in [6, 6.07) is 5.56. The van der Waals surface area contributed by atoms with E-state index in [-0.39, 0.29) is 13.1 Å². The fourth-order valence-electron chi connectivity index (χ4n) is 1.79. The minimum Gasteiger partial charge on any atom is -0.325 e. The molecule has 1 N–H and O–H groups in total. The third kappa shape index (κ3) is 2.75. The molecule has 0 atom stereocenters. The molecular weight excluding hydrogens is 246 g/mol. The number of thioether (sulfide) groups is 1. The number of benzene rings is 1. The molecule has 1 amide bonds. The highest BCUT2D eigenvalue weighted by molar-refractivity contribution is 7.99. The Bertz CT molecular complexity index is 509. The molecule has 0 radical (unpaired) electrons. The van der Waals surface area contributed by atoms with Gasteiger partial charge in [-0.25, -0.2) is 0 Å². The molecule has 2 rings (SSSR count). The number of carbonyl (C=O) groups excluding carboxylic acids is 2. The quantitative estimate of drug-likeness (QED) is 0.789. The first-order chi connectivity index (χ1) is 8.38. The van der Waals surface area contributed by atoms with Crippen LogP contribution in [0.15, 0.2) is 23.1 Å². The van der Waals surface area contributed by atoms with Crippen molar-refractivity contribution in [3.63, 3.8) is 0 Å². The zero-order chi connectivity index (χ0) is 13.3. The van der Waals surface area contributed by atoms with Crippen molar-refractivity contribution in [3.8, 4) is 0 Å². The summed E-state index contributed by atoms with van der Waals surface area (Å²) in [4.78, 5) is 24.7. The molecule has 0 aliphatic carbocycles. The molecule has 0 unspecified atom stereocenters. The molecule has 98 valence electrons. The number of amides is 1. The van der Waals surface area contributed by atoms with Gasteiger partial charge in [0, 0.05) is 29.5 Å². The number of hydrogen-bond acceptors (Lipinski definition) is 3. The van der Waals surface area contributed by atoms with Crippen LogP contribution in [-0.4, -0.2) is 17.4 Å². The van der Waals surface area contributed by atoms with Crippen LogP contribution in [0.4, 0.5) is 5.69 Å². The van der Waals surface area contributed by atoms with Crippen LogP contribution in [0.25, 0.3) is 0 Å². The highest BCUT2D eigenvalue weighted by Crippen LogP contribution is 2.33. The van der Waals surface area contributed by atoms with Gasteiger partial charge >= 0.3 is 0 Å². The largest absolute Gasteiger partial charge is 0.325 e. The van der Waals surface area contributed by atoms with Gasteiger partial charge < -0.3 is 5.32 Å². The van der Waals surface area contributed by atoms with E-state index >= 15 is 0 Å². The van der Waals surface area contributed by atoms with Crippen LogP contribution >= 0.6 is 11.8 Å². The van der Waals surface area contributed by atoms with E-state index in [0.29, 0.717) is 12.0 Å². The molecule has 1 aliphatic heterocycles. The van der Waals surface area contributed by atoms with Crippen molar-refractivity contribution in [1.82, 2.24) is 0 Å². The van der Waals surface area contributed by atoms with Crippen LogP contribution in [0.1, 0.15) is 39.0 Å². The maximum Gasteiger partial charge on any atom is 0.225 e. The highest BCUT2D eigenvalue weighted by Gasteiger charge is 2.24. The summed E-state index contributed by atoms with van der Waals surface area (Å²) in [5.74, 6) is 0.890. The number of carbonyl (C=O) groups is 2. The third-order valence-corrected chi connectivity index (χ3v) is 3.86. The van der Waals surface area contributed by atoms with Gasteiger partial charge in [0.1, 0.15) is 0 Å². The standard InChI is InChI=1S/C14H17NO2S.H2/c1-14(2,3)13(17)9-4-5-11-10(8-9)15-12(16)6-7-18-11;/h4-5,8H,6-7H2,1-3H3,(H,15,16);1H. The van der Waals surface area contributed by atoms with Gasteiger partial charge in [0.05, 0.1) is 5.69 Å². The lowest BCUT2D eigenvalue weighted by atomic mass is 9.86. The van der Waals surface area contributed by atoms with Gasteiger partial charge in [-0.2, -0.15) is 0 Å². The number of rotatable bonds is 1. The number of nitrogens with one attached hydrogen (secondary N) is 1. The number of anilines is 1. The number of fused-ring (bicyclic) bond motifs is 1. The van der Waals surface area contributed by atoms with Gasteiger partial charge in [0.2, 0.25) is 5.91 Å². The van der Waals surface area contributed by atoms with Crippen molar-refractivity contribution in [2.75, 3.05) is 11.1 Å². The second-order valence-electron chi connectivity index (χ2n) is 5.44. The van der Waals surface area contributed by atoms with E-state index in [1.165, 1.54) is 0 Å². The summed E-state index contributed by atoms with van der Waals surface area (Å²) in [7, 11) is 0. The van der Waals surface area contributed by atoms with Crippen molar-refractivity contribution >= 4 is 29.1 Å². The first-order valence-corrected chi connectivity index (χ1v) is 6.98. The zero-order valence-corrected chi connectivity index (χ0v) is 11.7. The monoisotopic (exact) mass is 265 g/mol. The molecule has 0 bridgehead atoms. The zero-order valence-electron chi connectivity index (χ0n) is 10.9. The molecule has 1 aliphatic rings. The highest BCUT2D eigenvalue weighted by atomic mass is 32.2. The lowest BCUT2D eigenvalue weighted by Crippen LogP contribution is -2.20. The molecule has 0 saturated carbocycles. The fourth-order valence-corrected chi connectivity index (χ4v) is 2.73. The van der Waals surface area contributed by atoms with Crippen molar-refractivity contribution in [2.45, 2.75) is 32.1 Å². The predicted octanol–water partition coefficient (Wildman–Crippen LogP) is 3.60. The summed E-state index contributed by atoms with van der Waals surface area (Å²) < 4.78 is 0. The maximum absolute atomic E-state index is 12.2. The van der Waals surface area contributed by atoms with Crippen LogP contribution < -0.4 is 5.32 Å². The van der Waals surface area contributed by atoms with Crippen molar-refractivity contribution in [3.05, 3.63) is 23.8 Å². The van der Waals surface area contributed by atoms with Crippen molar-refractivity contribution in [2.24, 2.45) is 5.41 Å². The Morgan fingerprint density at radius 1 is 1.39 bits per heavy atom. The van der Waals surface area contributed by atoms with Gasteiger partial charge in [-0.05, 0) is 12.1 Å². The Hall–Kier alpha value is -1.29. The smallest absolute Gasteiger partial charge is 0.225 e. The number of hydrogen-bond donors (Lipinski definition) is 1. The Balaban J connectivity index is 0.00000180. The lowest BCUT2D eigenvalue weighted by molar-refractivity contribution is -0.115. The lowest BCUT2D eigenvalue weighted by Gasteiger charge is -2.17. The summed E-state index contributed by atoms with van der Waals surface area (Å²) in [6.07, 6.45) is 0.516. The second-order valence-corrected chi connectivity index (χ2v) is 6.57. The molecule has 0 spiro atoms. The maximum atomic E-state index is 12.2. The molecular formula is C14H19NO2S. The summed E-state index contributed by atoms with van der Waals surface area (Å²) in [5, 5.41) is 2.86. The van der Waals surface area contributed by atoms with E-state index in [4.69, 9.17) is 0 Å². The Labute approximate surface area is 113 Å². The van der Waals surface area contributed by atoms with Crippen LogP contribution in [-0.2, 0) is 4.79 Å². The molecule has 4 heteroatoms. The molecule has 1 heterocycles. The van der Waals surface area contributed by atoms with E-state index in [9.17, 15) is 9.59 Å².